The van der Waals surface area contributed by atoms with Crippen LogP contribution >= 0.6 is 0 Å². The molecule has 0 aromatic heterocycles. The fraction of sp³-hybridized carbons (Fsp3) is 0.435. The van der Waals surface area contributed by atoms with E-state index in [9.17, 15) is 4.79 Å². The first-order chi connectivity index (χ1) is 12.1. The van der Waals surface area contributed by atoms with Gasteiger partial charge in [0.25, 0.3) is 0 Å². The third kappa shape index (κ3) is 3.95. The third-order valence-corrected chi connectivity index (χ3v) is 5.38. The number of nitrogens with zero attached hydrogens (tertiary/aromatic N) is 1. The molecule has 0 heterocycles. The predicted molar refractivity (Wildman–Crippen MR) is 104 cm³/mol. The van der Waals surface area contributed by atoms with Crippen LogP contribution in [0.25, 0.3) is 0 Å². The summed E-state index contributed by atoms with van der Waals surface area (Å²) in [5, 5.41) is 0. The fourth-order valence-electron chi connectivity index (χ4n) is 4.04. The number of hydrogen-bond donors (Lipinski definition) is 0. The van der Waals surface area contributed by atoms with E-state index in [0.717, 1.165) is 32.2 Å². The minimum absolute atomic E-state index is 0.0735. The first-order valence-corrected chi connectivity index (χ1v) is 9.48. The molecule has 2 aromatic carbocycles. The molecule has 0 saturated carbocycles. The Morgan fingerprint density at radius 3 is 2.04 bits per heavy atom. The smallest absolute Gasteiger partial charge is 0.224 e. The van der Waals surface area contributed by atoms with Crippen molar-refractivity contribution in [2.75, 3.05) is 13.6 Å². The van der Waals surface area contributed by atoms with E-state index in [1.165, 1.54) is 22.3 Å². The van der Waals surface area contributed by atoms with Crippen molar-refractivity contribution < 1.29 is 4.79 Å². The summed E-state index contributed by atoms with van der Waals surface area (Å²) in [5.41, 5.74) is 5.92. The summed E-state index contributed by atoms with van der Waals surface area (Å²) in [6, 6.07) is 17.8. The second-order valence-corrected chi connectivity index (χ2v) is 7.51. The number of aryl methyl sites for hydroxylation is 2. The molecule has 0 aliphatic heterocycles. The number of carbonyl (C=O) groups excluding carboxylic acids is 1. The van der Waals surface area contributed by atoms with Crippen molar-refractivity contribution in [3.8, 4) is 0 Å². The van der Waals surface area contributed by atoms with E-state index in [1.807, 2.05) is 25.8 Å². The molecule has 132 valence electrons. The van der Waals surface area contributed by atoms with E-state index in [1.54, 1.807) is 0 Å². The number of rotatable bonds is 5. The Kier molecular flexibility index (Phi) is 5.57. The van der Waals surface area contributed by atoms with E-state index < -0.39 is 0 Å². The summed E-state index contributed by atoms with van der Waals surface area (Å²) in [7, 11) is 1.93. The van der Waals surface area contributed by atoms with Gasteiger partial charge in [-0.25, -0.2) is 0 Å². The molecule has 0 N–H and O–H groups in total. The van der Waals surface area contributed by atoms with Crippen LogP contribution in [0.15, 0.2) is 48.5 Å². The van der Waals surface area contributed by atoms with Gasteiger partial charge in [-0.05, 0) is 47.9 Å². The second kappa shape index (κ2) is 7.86. The van der Waals surface area contributed by atoms with Crippen LogP contribution in [0.4, 0.5) is 0 Å². The maximum absolute atomic E-state index is 12.1. The van der Waals surface area contributed by atoms with E-state index in [2.05, 4.69) is 48.5 Å². The normalized spacial score (nSPS) is 13.9. The van der Waals surface area contributed by atoms with Gasteiger partial charge < -0.3 is 4.90 Å². The zero-order valence-corrected chi connectivity index (χ0v) is 15.7. The van der Waals surface area contributed by atoms with Gasteiger partial charge in [0.1, 0.15) is 0 Å². The number of amides is 1. The topological polar surface area (TPSA) is 20.3 Å². The molecule has 0 saturated heterocycles. The molecular weight excluding hydrogens is 306 g/mol. The monoisotopic (exact) mass is 335 g/mol. The van der Waals surface area contributed by atoms with Crippen molar-refractivity contribution in [3.63, 3.8) is 0 Å². The summed E-state index contributed by atoms with van der Waals surface area (Å²) < 4.78 is 0. The van der Waals surface area contributed by atoms with Crippen molar-refractivity contribution in [2.24, 2.45) is 5.92 Å². The van der Waals surface area contributed by atoms with Crippen molar-refractivity contribution >= 4 is 5.91 Å². The van der Waals surface area contributed by atoms with Gasteiger partial charge in [0.2, 0.25) is 5.91 Å². The van der Waals surface area contributed by atoms with Gasteiger partial charge in [-0.2, -0.15) is 0 Å². The first kappa shape index (κ1) is 17.7. The molecule has 0 atom stereocenters. The standard InChI is InChI=1S/C23H29NO/c1-17(2)23(25)24(3)16-8-13-22-20-11-6-4-9-18(20)14-15-19-10-5-7-12-21(19)22/h4-7,9-12,17,22H,8,13-16H2,1-3H3. The summed E-state index contributed by atoms with van der Waals surface area (Å²) in [4.78, 5) is 14.0. The molecule has 0 bridgehead atoms. The fourth-order valence-corrected chi connectivity index (χ4v) is 4.04. The molecule has 0 radical (unpaired) electrons. The van der Waals surface area contributed by atoms with Crippen LogP contribution in [0.5, 0.6) is 0 Å². The largest absolute Gasteiger partial charge is 0.346 e. The van der Waals surface area contributed by atoms with Crippen LogP contribution in [0.2, 0.25) is 0 Å². The van der Waals surface area contributed by atoms with Crippen molar-refractivity contribution in [1.82, 2.24) is 4.90 Å². The van der Waals surface area contributed by atoms with Crippen LogP contribution in [-0.4, -0.2) is 24.4 Å². The highest BCUT2D eigenvalue weighted by Crippen LogP contribution is 2.37. The molecule has 25 heavy (non-hydrogen) atoms. The van der Waals surface area contributed by atoms with Crippen LogP contribution in [0, 0.1) is 5.92 Å². The molecule has 1 aliphatic rings. The lowest BCUT2D eigenvalue weighted by Crippen LogP contribution is -2.31. The second-order valence-electron chi connectivity index (χ2n) is 7.51. The highest BCUT2D eigenvalue weighted by Gasteiger charge is 2.23. The molecule has 2 aromatic rings. The Morgan fingerprint density at radius 2 is 1.52 bits per heavy atom. The molecule has 0 unspecified atom stereocenters. The van der Waals surface area contributed by atoms with Crippen molar-refractivity contribution in [3.05, 3.63) is 70.8 Å². The summed E-state index contributed by atoms with van der Waals surface area (Å²) in [5.74, 6) is 0.753. The molecule has 1 amide bonds. The maximum atomic E-state index is 12.1. The molecule has 2 heteroatoms. The van der Waals surface area contributed by atoms with Gasteiger partial charge in [-0.3, -0.25) is 4.79 Å². The minimum Gasteiger partial charge on any atom is -0.346 e. The third-order valence-electron chi connectivity index (χ3n) is 5.38. The van der Waals surface area contributed by atoms with E-state index >= 15 is 0 Å². The maximum Gasteiger partial charge on any atom is 0.224 e. The number of hydrogen-bond acceptors (Lipinski definition) is 1. The van der Waals surface area contributed by atoms with Gasteiger partial charge >= 0.3 is 0 Å². The lowest BCUT2D eigenvalue weighted by atomic mass is 9.85. The van der Waals surface area contributed by atoms with Crippen LogP contribution in [-0.2, 0) is 17.6 Å². The molecule has 1 aliphatic carbocycles. The average Bonchev–Trinajstić information content (AvgIpc) is 2.78. The Bertz CT molecular complexity index is 687. The molecule has 2 nitrogen and oxygen atoms in total. The van der Waals surface area contributed by atoms with E-state index in [4.69, 9.17) is 0 Å². The minimum atomic E-state index is 0.0735. The SMILES string of the molecule is CC(C)C(=O)N(C)CCCC1c2ccccc2CCc2ccccc21. The van der Waals surface area contributed by atoms with Gasteiger partial charge in [0.05, 0.1) is 0 Å². The first-order valence-electron chi connectivity index (χ1n) is 9.48. The Morgan fingerprint density at radius 1 is 1.00 bits per heavy atom. The van der Waals surface area contributed by atoms with Gasteiger partial charge in [0.15, 0.2) is 0 Å². The Hall–Kier alpha value is -2.09. The van der Waals surface area contributed by atoms with E-state index in [-0.39, 0.29) is 11.8 Å². The molecular formula is C23H29NO. The summed E-state index contributed by atoms with van der Waals surface area (Å²) >= 11 is 0. The number of carbonyl (C=O) groups is 1. The average molecular weight is 335 g/mol. The zero-order valence-electron chi connectivity index (χ0n) is 15.7. The highest BCUT2D eigenvalue weighted by molar-refractivity contribution is 5.77. The van der Waals surface area contributed by atoms with Gasteiger partial charge in [-0.1, -0.05) is 62.4 Å². The zero-order chi connectivity index (χ0) is 17.8. The van der Waals surface area contributed by atoms with E-state index in [0.29, 0.717) is 5.92 Å². The van der Waals surface area contributed by atoms with Crippen LogP contribution < -0.4 is 0 Å². The predicted octanol–water partition coefficient (Wildman–Crippen LogP) is 4.81. The van der Waals surface area contributed by atoms with Gasteiger partial charge in [-0.15, -0.1) is 0 Å². The highest BCUT2D eigenvalue weighted by atomic mass is 16.2. The molecule has 0 fully saturated rings. The summed E-state index contributed by atoms with van der Waals surface area (Å²) in [6.07, 6.45) is 4.36. The van der Waals surface area contributed by atoms with Crippen molar-refractivity contribution in [1.29, 1.82) is 0 Å². The van der Waals surface area contributed by atoms with Crippen LogP contribution in [0.3, 0.4) is 0 Å². The molecule has 3 rings (SSSR count). The lowest BCUT2D eigenvalue weighted by Gasteiger charge is -2.23. The quantitative estimate of drug-likeness (QED) is 0.768. The lowest BCUT2D eigenvalue weighted by molar-refractivity contribution is -0.133. The summed E-state index contributed by atoms with van der Waals surface area (Å²) in [6.45, 7) is 4.77. The Balaban J connectivity index is 1.79. The van der Waals surface area contributed by atoms with Crippen molar-refractivity contribution in [2.45, 2.75) is 45.4 Å². The molecule has 0 spiro atoms. The number of benzene rings is 2. The Labute approximate surface area is 151 Å². The van der Waals surface area contributed by atoms with Gasteiger partial charge in [0, 0.05) is 25.4 Å². The number of fused-ring (bicyclic) bond motifs is 2. The van der Waals surface area contributed by atoms with Crippen LogP contribution in [0.1, 0.15) is 54.9 Å².